The third-order valence-corrected chi connectivity index (χ3v) is 6.18. The molecule has 1 aliphatic heterocycles. The number of benzene rings is 2. The Morgan fingerprint density at radius 1 is 1.17 bits per heavy atom. The van der Waals surface area contributed by atoms with E-state index in [0.29, 0.717) is 42.8 Å². The van der Waals surface area contributed by atoms with Gasteiger partial charge in [-0.25, -0.2) is 8.42 Å². The minimum absolute atomic E-state index is 0.0800. The summed E-state index contributed by atoms with van der Waals surface area (Å²) in [6.07, 6.45) is -0.678. The molecule has 1 saturated heterocycles. The molecule has 0 unspecified atom stereocenters. The lowest BCUT2D eigenvalue weighted by Gasteiger charge is -2.29. The number of ether oxygens (including phenoxy) is 2. The van der Waals surface area contributed by atoms with Crippen LogP contribution in [-0.2, 0) is 19.6 Å². The molecule has 0 radical (unpaired) electrons. The first-order valence-corrected chi connectivity index (χ1v) is 11.0. The smallest absolute Gasteiger partial charge is 0.263 e. The molecule has 0 bridgehead atoms. The molecule has 3 rings (SSSR count). The van der Waals surface area contributed by atoms with E-state index in [4.69, 9.17) is 21.1 Å². The van der Waals surface area contributed by atoms with Gasteiger partial charge in [0.15, 0.2) is 6.10 Å². The average Bonchev–Trinajstić information content (AvgIpc) is 2.71. The first-order chi connectivity index (χ1) is 13.8. The summed E-state index contributed by atoms with van der Waals surface area (Å²) in [6.45, 7) is 5.58. The largest absolute Gasteiger partial charge is 0.481 e. The number of carbonyl (C=O) groups excluding carboxylic acids is 1. The zero-order valence-corrected chi connectivity index (χ0v) is 17.8. The van der Waals surface area contributed by atoms with E-state index in [1.807, 2.05) is 0 Å². The number of morpholine rings is 1. The number of aryl methyl sites for hydroxylation is 1. The van der Waals surface area contributed by atoms with E-state index in [0.717, 1.165) is 5.56 Å². The predicted molar refractivity (Wildman–Crippen MR) is 111 cm³/mol. The van der Waals surface area contributed by atoms with Crippen molar-refractivity contribution in [1.29, 1.82) is 0 Å². The maximum atomic E-state index is 12.6. The van der Waals surface area contributed by atoms with Crippen LogP contribution in [0.25, 0.3) is 0 Å². The van der Waals surface area contributed by atoms with Gasteiger partial charge in [0, 0.05) is 18.1 Å². The van der Waals surface area contributed by atoms with Crippen LogP contribution in [0.2, 0.25) is 5.02 Å². The monoisotopic (exact) mass is 438 g/mol. The van der Waals surface area contributed by atoms with E-state index in [9.17, 15) is 13.2 Å². The Hall–Kier alpha value is -2.29. The molecule has 1 amide bonds. The van der Waals surface area contributed by atoms with Crippen molar-refractivity contribution in [2.75, 3.05) is 31.0 Å². The number of amides is 1. The maximum Gasteiger partial charge on any atom is 0.263 e. The molecule has 0 spiro atoms. The molecule has 2 aromatic rings. The molecular formula is C20H23ClN2O5S. The van der Waals surface area contributed by atoms with Crippen molar-refractivity contribution in [2.45, 2.75) is 24.8 Å². The molecule has 0 aromatic heterocycles. The molecule has 1 fully saturated rings. The van der Waals surface area contributed by atoms with Crippen LogP contribution in [0.1, 0.15) is 12.5 Å². The lowest BCUT2D eigenvalue weighted by molar-refractivity contribution is -0.142. The summed E-state index contributed by atoms with van der Waals surface area (Å²) in [4.78, 5) is 14.2. The highest BCUT2D eigenvalue weighted by atomic mass is 35.5. The van der Waals surface area contributed by atoms with Crippen LogP contribution in [0.5, 0.6) is 5.75 Å². The van der Waals surface area contributed by atoms with Gasteiger partial charge in [-0.3, -0.25) is 9.52 Å². The third-order valence-electron chi connectivity index (χ3n) is 4.56. The first-order valence-electron chi connectivity index (χ1n) is 9.18. The minimum Gasteiger partial charge on any atom is -0.481 e. The molecule has 0 aliphatic carbocycles. The molecule has 1 aliphatic rings. The van der Waals surface area contributed by atoms with Crippen LogP contribution in [0.15, 0.2) is 47.4 Å². The van der Waals surface area contributed by atoms with Crippen LogP contribution >= 0.6 is 11.6 Å². The van der Waals surface area contributed by atoms with E-state index in [1.165, 1.54) is 24.3 Å². The second kappa shape index (κ2) is 9.02. The lowest BCUT2D eigenvalue weighted by atomic mass is 10.2. The lowest BCUT2D eigenvalue weighted by Crippen LogP contribution is -2.46. The van der Waals surface area contributed by atoms with Crippen molar-refractivity contribution in [1.82, 2.24) is 4.90 Å². The van der Waals surface area contributed by atoms with Crippen molar-refractivity contribution >= 4 is 33.2 Å². The van der Waals surface area contributed by atoms with Gasteiger partial charge in [0.2, 0.25) is 0 Å². The molecule has 9 heteroatoms. The minimum atomic E-state index is -3.78. The molecule has 1 heterocycles. The fraction of sp³-hybridized carbons (Fsp3) is 0.350. The van der Waals surface area contributed by atoms with Gasteiger partial charge in [0.1, 0.15) is 5.75 Å². The Morgan fingerprint density at radius 3 is 2.48 bits per heavy atom. The van der Waals surface area contributed by atoms with E-state index in [2.05, 4.69) is 4.72 Å². The van der Waals surface area contributed by atoms with Crippen molar-refractivity contribution in [3.8, 4) is 5.75 Å². The second-order valence-electron chi connectivity index (χ2n) is 6.73. The van der Waals surface area contributed by atoms with Crippen molar-refractivity contribution in [3.05, 3.63) is 53.1 Å². The number of anilines is 1. The number of carbonyl (C=O) groups is 1. The Bertz CT molecular complexity index is 973. The van der Waals surface area contributed by atoms with Crippen LogP contribution in [-0.4, -0.2) is 51.6 Å². The molecule has 156 valence electrons. The van der Waals surface area contributed by atoms with E-state index >= 15 is 0 Å². The number of nitrogens with zero attached hydrogens (tertiary/aromatic N) is 1. The van der Waals surface area contributed by atoms with Crippen molar-refractivity contribution in [3.63, 3.8) is 0 Å². The molecule has 0 saturated carbocycles. The Morgan fingerprint density at radius 2 is 1.83 bits per heavy atom. The van der Waals surface area contributed by atoms with Gasteiger partial charge >= 0.3 is 0 Å². The molecule has 1 N–H and O–H groups in total. The SMILES string of the molecule is Cc1ccc(Cl)cc1NS(=O)(=O)c1ccc(O[C@@H](C)C(=O)N2CCOCC2)cc1. The van der Waals surface area contributed by atoms with Crippen molar-refractivity contribution < 1.29 is 22.7 Å². The highest BCUT2D eigenvalue weighted by Gasteiger charge is 2.24. The Labute approximate surface area is 175 Å². The summed E-state index contributed by atoms with van der Waals surface area (Å²) in [7, 11) is -3.78. The zero-order valence-electron chi connectivity index (χ0n) is 16.2. The van der Waals surface area contributed by atoms with Gasteiger partial charge in [0.25, 0.3) is 15.9 Å². The quantitative estimate of drug-likeness (QED) is 0.749. The first kappa shape index (κ1) is 21.4. The Kier molecular flexibility index (Phi) is 6.66. The summed E-state index contributed by atoms with van der Waals surface area (Å²) in [5.74, 6) is 0.292. The fourth-order valence-corrected chi connectivity index (χ4v) is 4.19. The summed E-state index contributed by atoms with van der Waals surface area (Å²) in [6, 6.07) is 10.9. The maximum absolute atomic E-state index is 12.6. The average molecular weight is 439 g/mol. The van der Waals surface area contributed by atoms with Crippen molar-refractivity contribution in [2.24, 2.45) is 0 Å². The molecule has 1 atom stereocenters. The summed E-state index contributed by atoms with van der Waals surface area (Å²) >= 11 is 5.95. The van der Waals surface area contributed by atoms with Crippen LogP contribution in [0, 0.1) is 6.92 Å². The molecule has 29 heavy (non-hydrogen) atoms. The zero-order chi connectivity index (χ0) is 21.0. The third kappa shape index (κ3) is 5.41. The predicted octanol–water partition coefficient (Wildman–Crippen LogP) is 3.08. The Balaban J connectivity index is 1.67. The molecule has 7 nitrogen and oxygen atoms in total. The normalized spacial score (nSPS) is 15.6. The van der Waals surface area contributed by atoms with Gasteiger partial charge in [-0.15, -0.1) is 0 Å². The van der Waals surface area contributed by atoms with E-state index < -0.39 is 16.1 Å². The highest BCUT2D eigenvalue weighted by molar-refractivity contribution is 7.92. The highest BCUT2D eigenvalue weighted by Crippen LogP contribution is 2.24. The van der Waals surface area contributed by atoms with Gasteiger partial charge in [-0.05, 0) is 55.8 Å². The second-order valence-corrected chi connectivity index (χ2v) is 8.85. The van der Waals surface area contributed by atoms with Gasteiger partial charge < -0.3 is 14.4 Å². The summed E-state index contributed by atoms with van der Waals surface area (Å²) in [5, 5.41) is 0.441. The summed E-state index contributed by atoms with van der Waals surface area (Å²) in [5.41, 5.74) is 1.18. The fourth-order valence-electron chi connectivity index (χ4n) is 2.90. The van der Waals surface area contributed by atoms with E-state index in [-0.39, 0.29) is 10.8 Å². The standard InChI is InChI=1S/C20H23ClN2O5S/c1-14-3-4-16(21)13-19(14)22-29(25,26)18-7-5-17(6-8-18)28-15(2)20(24)23-9-11-27-12-10-23/h3-8,13,15,22H,9-12H2,1-2H3/t15-/m0/s1. The van der Waals surface area contributed by atoms with Crippen LogP contribution in [0.3, 0.4) is 0 Å². The van der Waals surface area contributed by atoms with Crippen LogP contribution < -0.4 is 9.46 Å². The number of nitrogens with one attached hydrogen (secondary N) is 1. The number of rotatable bonds is 6. The van der Waals surface area contributed by atoms with Gasteiger partial charge in [0.05, 0.1) is 23.8 Å². The van der Waals surface area contributed by atoms with E-state index in [1.54, 1.807) is 36.9 Å². The van der Waals surface area contributed by atoms with Gasteiger partial charge in [-0.1, -0.05) is 17.7 Å². The topological polar surface area (TPSA) is 84.9 Å². The molecule has 2 aromatic carbocycles. The number of hydrogen-bond acceptors (Lipinski definition) is 5. The summed E-state index contributed by atoms with van der Waals surface area (Å²) < 4.78 is 38.8. The van der Waals surface area contributed by atoms with Crippen LogP contribution in [0.4, 0.5) is 5.69 Å². The molecular weight excluding hydrogens is 416 g/mol. The number of hydrogen-bond donors (Lipinski definition) is 1. The van der Waals surface area contributed by atoms with Gasteiger partial charge in [-0.2, -0.15) is 0 Å². The number of sulfonamides is 1. The number of halogens is 1.